The monoisotopic (exact) mass is 418 g/mol. The molecule has 0 heterocycles. The molecule has 4 aromatic rings. The molecule has 142 valence electrons. The Labute approximate surface area is 178 Å². The molecule has 0 aliphatic heterocycles. The smallest absolute Gasteiger partial charge is 0.193 e. The van der Waals surface area contributed by atoms with Gasteiger partial charge in [-0.3, -0.25) is 4.79 Å². The van der Waals surface area contributed by atoms with Crippen molar-refractivity contribution in [3.05, 3.63) is 117 Å². The van der Waals surface area contributed by atoms with Crippen molar-refractivity contribution in [2.45, 2.75) is 12.0 Å². The highest BCUT2D eigenvalue weighted by Gasteiger charge is 2.42. The van der Waals surface area contributed by atoms with Crippen LogP contribution in [0.5, 0.6) is 0 Å². The van der Waals surface area contributed by atoms with Crippen molar-refractivity contribution < 1.29 is 9.90 Å². The molecule has 0 aromatic heterocycles. The summed E-state index contributed by atoms with van der Waals surface area (Å²) in [7, 11) is 0. The average Bonchev–Trinajstić information content (AvgIpc) is 2.72. The first-order valence-corrected chi connectivity index (χ1v) is 10.1. The van der Waals surface area contributed by atoms with Crippen molar-refractivity contribution in [2.24, 2.45) is 0 Å². The third-order valence-electron chi connectivity index (χ3n) is 5.67. The van der Waals surface area contributed by atoms with Crippen LogP contribution in [0.2, 0.25) is 10.0 Å². The minimum Gasteiger partial charge on any atom is -0.380 e. The second kappa shape index (κ2) is 6.70. The lowest BCUT2D eigenvalue weighted by Crippen LogP contribution is -2.37. The Balaban J connectivity index is 1.77. The van der Waals surface area contributed by atoms with Gasteiger partial charge in [-0.05, 0) is 51.7 Å². The largest absolute Gasteiger partial charge is 0.380 e. The van der Waals surface area contributed by atoms with E-state index in [9.17, 15) is 9.90 Å². The average molecular weight is 419 g/mol. The summed E-state index contributed by atoms with van der Waals surface area (Å²) in [6, 6.07) is 24.3. The van der Waals surface area contributed by atoms with Gasteiger partial charge in [0.15, 0.2) is 5.78 Å². The molecule has 4 heteroatoms. The van der Waals surface area contributed by atoms with Gasteiger partial charge in [0.25, 0.3) is 0 Å². The Hall–Kier alpha value is -2.65. The summed E-state index contributed by atoms with van der Waals surface area (Å²) in [5.74, 6) is -0.178. The first kappa shape index (κ1) is 18.4. The van der Waals surface area contributed by atoms with E-state index >= 15 is 0 Å². The number of hydrogen-bond donors (Lipinski definition) is 1. The number of benzene rings is 4. The van der Waals surface area contributed by atoms with Gasteiger partial charge in [-0.25, -0.2) is 0 Å². The SMILES string of the molecule is O=C1c2cc(Cl)ccc2C(O)(Cc2cccc3ccccc23)c2ccc(Cl)cc21. The first-order valence-electron chi connectivity index (χ1n) is 9.31. The maximum Gasteiger partial charge on any atom is 0.193 e. The number of aliphatic hydroxyl groups is 1. The Bertz CT molecular complexity index is 1230. The summed E-state index contributed by atoms with van der Waals surface area (Å²) in [6.45, 7) is 0. The zero-order chi connectivity index (χ0) is 20.2. The fraction of sp³-hybridized carbons (Fsp3) is 0.0800. The normalized spacial score (nSPS) is 14.5. The second-order valence-electron chi connectivity index (χ2n) is 7.38. The number of carbonyl (C=O) groups is 1. The van der Waals surface area contributed by atoms with Gasteiger partial charge in [0.2, 0.25) is 0 Å². The summed E-state index contributed by atoms with van der Waals surface area (Å²) < 4.78 is 0. The molecule has 0 amide bonds. The number of rotatable bonds is 2. The lowest BCUT2D eigenvalue weighted by atomic mass is 9.71. The van der Waals surface area contributed by atoms with Crippen LogP contribution in [0.15, 0.2) is 78.9 Å². The van der Waals surface area contributed by atoms with Crippen LogP contribution in [-0.2, 0) is 12.0 Å². The van der Waals surface area contributed by atoms with Gasteiger partial charge in [0, 0.05) is 27.6 Å². The second-order valence-corrected chi connectivity index (χ2v) is 8.26. The van der Waals surface area contributed by atoms with Crippen molar-refractivity contribution in [2.75, 3.05) is 0 Å². The molecule has 0 fully saturated rings. The quantitative estimate of drug-likeness (QED) is 0.422. The molecule has 0 radical (unpaired) electrons. The lowest BCUT2D eigenvalue weighted by molar-refractivity contribution is 0.0724. The van der Waals surface area contributed by atoms with Gasteiger partial charge in [-0.1, -0.05) is 77.8 Å². The van der Waals surface area contributed by atoms with Crippen molar-refractivity contribution in [1.82, 2.24) is 0 Å². The molecule has 0 saturated heterocycles. The molecule has 0 spiro atoms. The topological polar surface area (TPSA) is 37.3 Å². The van der Waals surface area contributed by atoms with Crippen LogP contribution in [0.1, 0.15) is 32.6 Å². The minimum absolute atomic E-state index is 0.178. The molecule has 1 aliphatic carbocycles. The molecule has 0 bridgehead atoms. The molecular formula is C25H16Cl2O2. The highest BCUT2D eigenvalue weighted by Crippen LogP contribution is 2.44. The molecular weight excluding hydrogens is 403 g/mol. The minimum atomic E-state index is -1.38. The zero-order valence-electron chi connectivity index (χ0n) is 15.3. The number of fused-ring (bicyclic) bond motifs is 3. The Morgan fingerprint density at radius 2 is 1.34 bits per heavy atom. The predicted molar refractivity (Wildman–Crippen MR) is 117 cm³/mol. The fourth-order valence-electron chi connectivity index (χ4n) is 4.33. The van der Waals surface area contributed by atoms with Crippen LogP contribution >= 0.6 is 23.2 Å². The van der Waals surface area contributed by atoms with Crippen molar-refractivity contribution in [3.8, 4) is 0 Å². The zero-order valence-corrected chi connectivity index (χ0v) is 16.8. The van der Waals surface area contributed by atoms with Crippen LogP contribution in [-0.4, -0.2) is 10.9 Å². The van der Waals surface area contributed by atoms with E-state index in [0.717, 1.165) is 16.3 Å². The van der Waals surface area contributed by atoms with Crippen molar-refractivity contribution >= 4 is 39.8 Å². The van der Waals surface area contributed by atoms with Crippen LogP contribution in [0.25, 0.3) is 10.8 Å². The third kappa shape index (κ3) is 2.87. The van der Waals surface area contributed by atoms with Gasteiger partial charge in [0.05, 0.1) is 0 Å². The summed E-state index contributed by atoms with van der Waals surface area (Å²) >= 11 is 12.3. The van der Waals surface area contributed by atoms with Gasteiger partial charge in [-0.2, -0.15) is 0 Å². The van der Waals surface area contributed by atoms with Gasteiger partial charge in [-0.15, -0.1) is 0 Å². The highest BCUT2D eigenvalue weighted by molar-refractivity contribution is 6.32. The maximum absolute atomic E-state index is 13.1. The molecule has 0 saturated carbocycles. The lowest BCUT2D eigenvalue weighted by Gasteiger charge is -2.36. The Morgan fingerprint density at radius 1 is 0.759 bits per heavy atom. The van der Waals surface area contributed by atoms with Crippen molar-refractivity contribution in [1.29, 1.82) is 0 Å². The van der Waals surface area contributed by atoms with E-state index in [1.165, 1.54) is 0 Å². The molecule has 0 unspecified atom stereocenters. The van der Waals surface area contributed by atoms with Gasteiger partial charge in [0.1, 0.15) is 5.60 Å². The van der Waals surface area contributed by atoms with Crippen LogP contribution in [0.3, 0.4) is 0 Å². The van der Waals surface area contributed by atoms with E-state index < -0.39 is 5.60 Å². The molecule has 5 rings (SSSR count). The van der Waals surface area contributed by atoms with E-state index in [2.05, 4.69) is 12.1 Å². The van der Waals surface area contributed by atoms with Gasteiger partial charge >= 0.3 is 0 Å². The maximum atomic E-state index is 13.1. The van der Waals surface area contributed by atoms with E-state index in [0.29, 0.717) is 38.7 Å². The summed E-state index contributed by atoms with van der Waals surface area (Å²) in [5.41, 5.74) is 1.58. The fourth-order valence-corrected chi connectivity index (χ4v) is 4.68. The number of hydrogen-bond acceptors (Lipinski definition) is 2. The summed E-state index contributed by atoms with van der Waals surface area (Å²) in [5, 5.41) is 15.1. The molecule has 29 heavy (non-hydrogen) atoms. The number of halogens is 2. The molecule has 1 N–H and O–H groups in total. The third-order valence-corrected chi connectivity index (χ3v) is 6.14. The first-order chi connectivity index (χ1) is 14.0. The summed E-state index contributed by atoms with van der Waals surface area (Å²) in [4.78, 5) is 13.1. The number of carbonyl (C=O) groups excluding carboxylic acids is 1. The number of ketones is 1. The molecule has 4 aromatic carbocycles. The van der Waals surface area contributed by atoms with E-state index in [1.54, 1.807) is 36.4 Å². The molecule has 2 nitrogen and oxygen atoms in total. The summed E-state index contributed by atoms with van der Waals surface area (Å²) in [6.07, 6.45) is 0.324. The van der Waals surface area contributed by atoms with Crippen LogP contribution < -0.4 is 0 Å². The molecule has 0 atom stereocenters. The van der Waals surface area contributed by atoms with Crippen LogP contribution in [0.4, 0.5) is 0 Å². The standard InChI is InChI=1S/C25H16Cl2O2/c26-17-8-10-22-20(12-17)24(28)21-13-18(27)9-11-23(21)25(22,29)14-16-6-3-5-15-4-1-2-7-19(15)16/h1-13,29H,14H2. The van der Waals surface area contributed by atoms with Crippen LogP contribution in [0, 0.1) is 0 Å². The Kier molecular flexibility index (Phi) is 4.25. The van der Waals surface area contributed by atoms with Crippen molar-refractivity contribution in [3.63, 3.8) is 0 Å². The van der Waals surface area contributed by atoms with E-state index in [-0.39, 0.29) is 5.78 Å². The van der Waals surface area contributed by atoms with E-state index in [1.807, 2.05) is 30.3 Å². The molecule has 1 aliphatic rings. The Morgan fingerprint density at radius 3 is 2.00 bits per heavy atom. The van der Waals surface area contributed by atoms with E-state index in [4.69, 9.17) is 23.2 Å². The highest BCUT2D eigenvalue weighted by atomic mass is 35.5. The van der Waals surface area contributed by atoms with Gasteiger partial charge < -0.3 is 5.11 Å². The predicted octanol–water partition coefficient (Wildman–Crippen LogP) is 6.17.